The Morgan fingerprint density at radius 2 is 1.94 bits per heavy atom. The molecular formula is C11H12F3NOS. The van der Waals surface area contributed by atoms with Gasteiger partial charge < -0.3 is 10.1 Å². The summed E-state index contributed by atoms with van der Waals surface area (Å²) in [6, 6.07) is 6.00. The molecule has 0 bridgehead atoms. The van der Waals surface area contributed by atoms with Gasteiger partial charge in [-0.2, -0.15) is 0 Å². The van der Waals surface area contributed by atoms with Crippen LogP contribution in [-0.2, 0) is 0 Å². The van der Waals surface area contributed by atoms with E-state index in [4.69, 9.17) is 0 Å². The van der Waals surface area contributed by atoms with Crippen molar-refractivity contribution in [3.63, 3.8) is 0 Å². The van der Waals surface area contributed by atoms with Crippen molar-refractivity contribution in [2.45, 2.75) is 23.9 Å². The Morgan fingerprint density at radius 3 is 2.41 bits per heavy atom. The van der Waals surface area contributed by atoms with E-state index in [0.29, 0.717) is 5.25 Å². The molecule has 1 heterocycles. The molecule has 1 fully saturated rings. The molecule has 1 saturated heterocycles. The molecule has 2 nitrogen and oxygen atoms in total. The van der Waals surface area contributed by atoms with Gasteiger partial charge in [-0.05, 0) is 17.7 Å². The van der Waals surface area contributed by atoms with Gasteiger partial charge in [0.2, 0.25) is 0 Å². The highest BCUT2D eigenvalue weighted by atomic mass is 32.2. The van der Waals surface area contributed by atoms with Gasteiger partial charge in [0, 0.05) is 11.8 Å². The second-order valence-corrected chi connectivity index (χ2v) is 5.40. The van der Waals surface area contributed by atoms with Gasteiger partial charge in [0.15, 0.2) is 0 Å². The Hall–Kier alpha value is -0.880. The number of alkyl halides is 3. The number of hydrogen-bond acceptors (Lipinski definition) is 3. The molecule has 0 aliphatic carbocycles. The minimum Gasteiger partial charge on any atom is -0.406 e. The quantitative estimate of drug-likeness (QED) is 0.884. The van der Waals surface area contributed by atoms with Gasteiger partial charge >= 0.3 is 6.36 Å². The molecule has 1 aromatic rings. The first-order valence-corrected chi connectivity index (χ1v) is 6.13. The number of halogens is 3. The highest BCUT2D eigenvalue weighted by Gasteiger charge is 2.31. The molecule has 1 aliphatic heterocycles. The zero-order chi connectivity index (χ0) is 12.5. The van der Waals surface area contributed by atoms with Crippen molar-refractivity contribution in [1.82, 2.24) is 5.32 Å². The first kappa shape index (κ1) is 12.6. The van der Waals surface area contributed by atoms with Gasteiger partial charge in [0.1, 0.15) is 5.75 Å². The summed E-state index contributed by atoms with van der Waals surface area (Å²) < 4.78 is 39.7. The van der Waals surface area contributed by atoms with Crippen molar-refractivity contribution >= 4 is 11.8 Å². The van der Waals surface area contributed by atoms with Crippen molar-refractivity contribution in [2.24, 2.45) is 0 Å². The molecule has 2 atom stereocenters. The third-order valence-corrected chi connectivity index (χ3v) is 3.72. The molecule has 94 valence electrons. The van der Waals surface area contributed by atoms with E-state index < -0.39 is 6.36 Å². The molecule has 0 spiro atoms. The molecule has 1 N–H and O–H groups in total. The van der Waals surface area contributed by atoms with Crippen molar-refractivity contribution in [1.29, 1.82) is 0 Å². The molecule has 1 aliphatic rings. The van der Waals surface area contributed by atoms with E-state index in [1.165, 1.54) is 12.1 Å². The number of thioether (sulfide) groups is 1. The predicted octanol–water partition coefficient (Wildman–Crippen LogP) is 3.31. The van der Waals surface area contributed by atoms with Gasteiger partial charge in [-0.1, -0.05) is 19.1 Å². The van der Waals surface area contributed by atoms with Crippen molar-refractivity contribution in [3.8, 4) is 5.75 Å². The summed E-state index contributed by atoms with van der Waals surface area (Å²) in [6.07, 6.45) is -4.63. The van der Waals surface area contributed by atoms with Crippen molar-refractivity contribution in [2.75, 3.05) is 6.54 Å². The van der Waals surface area contributed by atoms with Crippen LogP contribution in [0.1, 0.15) is 17.9 Å². The first-order valence-electron chi connectivity index (χ1n) is 5.18. The molecule has 0 aromatic heterocycles. The number of benzene rings is 1. The van der Waals surface area contributed by atoms with Crippen LogP contribution in [0, 0.1) is 0 Å². The zero-order valence-corrected chi connectivity index (χ0v) is 9.94. The summed E-state index contributed by atoms with van der Waals surface area (Å²) in [5, 5.41) is 3.97. The summed E-state index contributed by atoms with van der Waals surface area (Å²) >= 11 is 1.76. The first-order chi connectivity index (χ1) is 7.94. The van der Waals surface area contributed by atoms with E-state index in [1.807, 2.05) is 0 Å². The number of nitrogens with one attached hydrogen (secondary N) is 1. The van der Waals surface area contributed by atoms with Gasteiger partial charge in [-0.25, -0.2) is 0 Å². The number of ether oxygens (including phenoxy) is 1. The number of rotatable bonds is 2. The summed E-state index contributed by atoms with van der Waals surface area (Å²) in [4.78, 5) is 0. The Morgan fingerprint density at radius 1 is 1.29 bits per heavy atom. The van der Waals surface area contributed by atoms with Gasteiger partial charge in [0.05, 0.1) is 5.37 Å². The maximum atomic E-state index is 12.0. The normalized spacial score (nSPS) is 24.9. The van der Waals surface area contributed by atoms with Crippen LogP contribution in [0.4, 0.5) is 13.2 Å². The van der Waals surface area contributed by atoms with E-state index in [-0.39, 0.29) is 11.1 Å². The lowest BCUT2D eigenvalue weighted by Crippen LogP contribution is -2.17. The molecule has 1 aromatic carbocycles. The molecule has 0 amide bonds. The van der Waals surface area contributed by atoms with Crippen LogP contribution in [-0.4, -0.2) is 18.2 Å². The molecule has 0 radical (unpaired) electrons. The molecule has 0 saturated carbocycles. The van der Waals surface area contributed by atoms with Crippen LogP contribution >= 0.6 is 11.8 Å². The van der Waals surface area contributed by atoms with Crippen molar-refractivity contribution in [3.05, 3.63) is 29.8 Å². The topological polar surface area (TPSA) is 21.3 Å². The Bertz CT molecular complexity index is 379. The maximum absolute atomic E-state index is 12.0. The Balaban J connectivity index is 2.03. The van der Waals surface area contributed by atoms with Crippen LogP contribution in [0.3, 0.4) is 0 Å². The van der Waals surface area contributed by atoms with Crippen LogP contribution in [0.25, 0.3) is 0 Å². The van der Waals surface area contributed by atoms with Crippen LogP contribution in [0.15, 0.2) is 24.3 Å². The lowest BCUT2D eigenvalue weighted by atomic mass is 10.2. The van der Waals surface area contributed by atoms with Gasteiger partial charge in [-0.15, -0.1) is 24.9 Å². The molecule has 6 heteroatoms. The summed E-state index contributed by atoms with van der Waals surface area (Å²) in [5.74, 6) is -0.183. The highest BCUT2D eigenvalue weighted by Crippen LogP contribution is 2.35. The average Bonchev–Trinajstić information content (AvgIpc) is 2.63. The molecular weight excluding hydrogens is 251 g/mol. The fourth-order valence-electron chi connectivity index (χ4n) is 1.64. The second kappa shape index (κ2) is 4.78. The summed E-state index contributed by atoms with van der Waals surface area (Å²) in [7, 11) is 0. The molecule has 17 heavy (non-hydrogen) atoms. The van der Waals surface area contributed by atoms with E-state index >= 15 is 0 Å². The lowest BCUT2D eigenvalue weighted by molar-refractivity contribution is -0.274. The third-order valence-electron chi connectivity index (χ3n) is 2.38. The lowest BCUT2D eigenvalue weighted by Gasteiger charge is -2.12. The fourth-order valence-corrected chi connectivity index (χ4v) is 2.81. The summed E-state index contributed by atoms with van der Waals surface area (Å²) in [5.41, 5.74) is 0.967. The largest absolute Gasteiger partial charge is 0.573 e. The van der Waals surface area contributed by atoms with Crippen LogP contribution in [0.2, 0.25) is 0 Å². The summed E-state index contributed by atoms with van der Waals surface area (Å²) in [6.45, 7) is 3.02. The van der Waals surface area contributed by atoms with Gasteiger partial charge in [0.25, 0.3) is 0 Å². The SMILES string of the molecule is CC1CNC(c2ccc(OC(F)(F)F)cc2)S1. The average molecular weight is 263 g/mol. The third kappa shape index (κ3) is 3.54. The van der Waals surface area contributed by atoms with E-state index in [0.717, 1.165) is 12.1 Å². The standard InChI is InChI=1S/C11H12F3NOS/c1-7-6-15-10(17-7)8-2-4-9(5-3-8)16-11(12,13)14/h2-5,7,10,15H,6H2,1H3. The Labute approximate surface area is 102 Å². The minimum atomic E-state index is -4.63. The fraction of sp³-hybridized carbons (Fsp3) is 0.455. The number of hydrogen-bond donors (Lipinski definition) is 1. The van der Waals surface area contributed by atoms with E-state index in [1.54, 1.807) is 23.9 Å². The second-order valence-electron chi connectivity index (χ2n) is 3.85. The molecule has 2 rings (SSSR count). The predicted molar refractivity (Wildman–Crippen MR) is 60.9 cm³/mol. The highest BCUT2D eigenvalue weighted by molar-refractivity contribution is 8.00. The Kier molecular flexibility index (Phi) is 3.53. The maximum Gasteiger partial charge on any atom is 0.573 e. The van der Waals surface area contributed by atoms with E-state index in [2.05, 4.69) is 17.0 Å². The molecule has 2 unspecified atom stereocenters. The smallest absolute Gasteiger partial charge is 0.406 e. The van der Waals surface area contributed by atoms with Crippen LogP contribution < -0.4 is 10.1 Å². The zero-order valence-electron chi connectivity index (χ0n) is 9.12. The van der Waals surface area contributed by atoms with Gasteiger partial charge in [-0.3, -0.25) is 0 Å². The van der Waals surface area contributed by atoms with E-state index in [9.17, 15) is 13.2 Å². The van der Waals surface area contributed by atoms with Crippen molar-refractivity contribution < 1.29 is 17.9 Å². The van der Waals surface area contributed by atoms with Crippen LogP contribution in [0.5, 0.6) is 5.75 Å². The monoisotopic (exact) mass is 263 g/mol. The minimum absolute atomic E-state index is 0.157.